The molecular weight excluding hydrogens is 218 g/mol. The molecular formula is C6H10ClNO4S. The number of hydrogen-bond donors (Lipinski definition) is 0. The van der Waals surface area contributed by atoms with E-state index >= 15 is 0 Å². The summed E-state index contributed by atoms with van der Waals surface area (Å²) in [7, 11) is -3.58. The molecule has 0 aliphatic carbocycles. The molecule has 1 aliphatic rings. The van der Waals surface area contributed by atoms with Crippen molar-refractivity contribution in [1.82, 2.24) is 0 Å². The van der Waals surface area contributed by atoms with E-state index in [1.807, 2.05) is 0 Å². The van der Waals surface area contributed by atoms with Crippen LogP contribution in [-0.4, -0.2) is 32.6 Å². The molecule has 0 aromatic heterocycles. The third-order valence-electron chi connectivity index (χ3n) is 1.46. The second-order valence-corrected chi connectivity index (χ2v) is 4.64. The van der Waals surface area contributed by atoms with Gasteiger partial charge in [0.15, 0.2) is 5.17 Å². The molecule has 1 aliphatic heterocycles. The molecule has 1 saturated heterocycles. The van der Waals surface area contributed by atoms with E-state index in [9.17, 15) is 8.42 Å². The monoisotopic (exact) mass is 227 g/mol. The van der Waals surface area contributed by atoms with Gasteiger partial charge in [-0.15, -0.1) is 0 Å². The Bertz CT molecular complexity index is 294. The fourth-order valence-corrected chi connectivity index (χ4v) is 1.39. The van der Waals surface area contributed by atoms with E-state index in [0.717, 1.165) is 19.1 Å². The molecule has 13 heavy (non-hydrogen) atoms. The van der Waals surface area contributed by atoms with Gasteiger partial charge >= 0.3 is 10.1 Å². The predicted octanol–water partition coefficient (Wildman–Crippen LogP) is 0.694. The second-order valence-electron chi connectivity index (χ2n) is 2.69. The second kappa shape index (κ2) is 4.26. The fourth-order valence-electron chi connectivity index (χ4n) is 0.928. The van der Waals surface area contributed by atoms with Crippen LogP contribution in [0.15, 0.2) is 5.16 Å². The number of nitrogens with zero attached hydrogens (tertiary/aromatic N) is 1. The van der Waals surface area contributed by atoms with Gasteiger partial charge in [0.1, 0.15) is 6.10 Å². The van der Waals surface area contributed by atoms with Crippen LogP contribution in [0.5, 0.6) is 0 Å². The van der Waals surface area contributed by atoms with Gasteiger partial charge in [0.05, 0.1) is 6.26 Å². The minimum atomic E-state index is -3.58. The number of halogens is 1. The summed E-state index contributed by atoms with van der Waals surface area (Å²) in [5.74, 6) is 0. The summed E-state index contributed by atoms with van der Waals surface area (Å²) in [6.07, 6.45) is 2.23. The maximum atomic E-state index is 10.5. The molecule has 0 bridgehead atoms. The van der Waals surface area contributed by atoms with Crippen molar-refractivity contribution in [2.24, 2.45) is 5.16 Å². The van der Waals surface area contributed by atoms with E-state index in [2.05, 4.69) is 9.44 Å². The molecule has 0 N–H and O–H groups in total. The molecule has 1 heterocycles. The molecule has 0 saturated carbocycles. The Morgan fingerprint density at radius 1 is 1.69 bits per heavy atom. The molecule has 0 spiro atoms. The van der Waals surface area contributed by atoms with Crippen molar-refractivity contribution in [2.45, 2.75) is 18.9 Å². The first-order valence-corrected chi connectivity index (χ1v) is 5.92. The first-order chi connectivity index (χ1) is 5.99. The molecule has 5 nitrogen and oxygen atoms in total. The smallest absolute Gasteiger partial charge is 0.325 e. The van der Waals surface area contributed by atoms with E-state index in [0.29, 0.717) is 6.61 Å². The third-order valence-corrected chi connectivity index (χ3v) is 2.11. The van der Waals surface area contributed by atoms with Crippen LogP contribution in [0, 0.1) is 0 Å². The largest absolute Gasteiger partial charge is 0.371 e. The summed E-state index contributed by atoms with van der Waals surface area (Å²) in [5, 5.41) is 3.29. The van der Waals surface area contributed by atoms with Gasteiger partial charge in [0, 0.05) is 6.61 Å². The van der Waals surface area contributed by atoms with Gasteiger partial charge < -0.3 is 4.74 Å². The highest BCUT2D eigenvalue weighted by Gasteiger charge is 2.21. The predicted molar refractivity (Wildman–Crippen MR) is 48.2 cm³/mol. The summed E-state index contributed by atoms with van der Waals surface area (Å²) in [4.78, 5) is 0. The van der Waals surface area contributed by atoms with Crippen molar-refractivity contribution in [1.29, 1.82) is 0 Å². The summed E-state index contributed by atoms with van der Waals surface area (Å²) < 4.78 is 30.3. The van der Waals surface area contributed by atoms with Crippen LogP contribution in [0.2, 0.25) is 0 Å². The van der Waals surface area contributed by atoms with E-state index in [1.165, 1.54) is 0 Å². The van der Waals surface area contributed by atoms with Gasteiger partial charge in [-0.25, -0.2) is 0 Å². The normalized spacial score (nSPS) is 24.8. The lowest BCUT2D eigenvalue weighted by atomic mass is 10.2. The Kier molecular flexibility index (Phi) is 3.52. The van der Waals surface area contributed by atoms with Crippen molar-refractivity contribution in [2.75, 3.05) is 12.9 Å². The van der Waals surface area contributed by atoms with E-state index in [4.69, 9.17) is 16.3 Å². The van der Waals surface area contributed by atoms with Crippen LogP contribution in [0.25, 0.3) is 0 Å². The quantitative estimate of drug-likeness (QED) is 0.526. The molecule has 0 aromatic carbocycles. The average molecular weight is 228 g/mol. The van der Waals surface area contributed by atoms with Crippen LogP contribution in [0.3, 0.4) is 0 Å². The zero-order valence-electron chi connectivity index (χ0n) is 7.07. The van der Waals surface area contributed by atoms with Gasteiger partial charge in [-0.05, 0) is 12.8 Å². The SMILES string of the molecule is CS(=O)(=O)O/N=C(\Cl)C1CCCO1. The first kappa shape index (κ1) is 10.7. The van der Waals surface area contributed by atoms with Crippen LogP contribution in [0.4, 0.5) is 0 Å². The maximum absolute atomic E-state index is 10.5. The lowest BCUT2D eigenvalue weighted by Crippen LogP contribution is -2.14. The molecule has 1 fully saturated rings. The average Bonchev–Trinajstić information content (AvgIpc) is 2.50. The highest BCUT2D eigenvalue weighted by atomic mass is 35.5. The van der Waals surface area contributed by atoms with Gasteiger partial charge in [-0.3, -0.25) is 4.28 Å². The van der Waals surface area contributed by atoms with Crippen molar-refractivity contribution in [3.05, 3.63) is 0 Å². The minimum Gasteiger partial charge on any atom is -0.371 e. The van der Waals surface area contributed by atoms with Gasteiger partial charge in [-0.2, -0.15) is 8.42 Å². The Morgan fingerprint density at radius 3 is 2.85 bits per heavy atom. The lowest BCUT2D eigenvalue weighted by Gasteiger charge is -2.04. The highest BCUT2D eigenvalue weighted by molar-refractivity contribution is 7.85. The first-order valence-electron chi connectivity index (χ1n) is 3.72. The minimum absolute atomic E-state index is 0.0444. The molecule has 76 valence electrons. The van der Waals surface area contributed by atoms with E-state index < -0.39 is 10.1 Å². The molecule has 1 rings (SSSR count). The summed E-state index contributed by atoms with van der Waals surface area (Å²) in [5.41, 5.74) is 0. The zero-order valence-corrected chi connectivity index (χ0v) is 8.64. The van der Waals surface area contributed by atoms with Crippen molar-refractivity contribution >= 4 is 26.9 Å². The molecule has 7 heteroatoms. The van der Waals surface area contributed by atoms with E-state index in [-0.39, 0.29) is 11.3 Å². The standard InChI is InChI=1S/C6H10ClNO4S/c1-13(9,10)12-8-6(7)5-3-2-4-11-5/h5H,2-4H2,1H3/b8-6-. The van der Waals surface area contributed by atoms with Gasteiger partial charge in [-0.1, -0.05) is 16.8 Å². The van der Waals surface area contributed by atoms with Gasteiger partial charge in [0.2, 0.25) is 0 Å². The summed E-state index contributed by atoms with van der Waals surface area (Å²) in [6, 6.07) is 0. The van der Waals surface area contributed by atoms with Crippen LogP contribution in [0.1, 0.15) is 12.8 Å². The molecule has 1 unspecified atom stereocenters. The fraction of sp³-hybridized carbons (Fsp3) is 0.833. The topological polar surface area (TPSA) is 65.0 Å². The zero-order chi connectivity index (χ0) is 9.90. The molecule has 1 atom stereocenters. The van der Waals surface area contributed by atoms with Crippen molar-refractivity contribution in [3.63, 3.8) is 0 Å². The van der Waals surface area contributed by atoms with Gasteiger partial charge in [0.25, 0.3) is 0 Å². The maximum Gasteiger partial charge on any atom is 0.325 e. The Hall–Kier alpha value is -0.330. The molecule has 0 amide bonds. The number of hydrogen-bond acceptors (Lipinski definition) is 5. The lowest BCUT2D eigenvalue weighted by molar-refractivity contribution is 0.158. The van der Waals surface area contributed by atoms with Crippen LogP contribution in [-0.2, 0) is 19.1 Å². The van der Waals surface area contributed by atoms with Crippen LogP contribution >= 0.6 is 11.6 Å². The summed E-state index contributed by atoms with van der Waals surface area (Å²) in [6.45, 7) is 0.620. The number of rotatable bonds is 3. The van der Waals surface area contributed by atoms with E-state index in [1.54, 1.807) is 0 Å². The summed E-state index contributed by atoms with van der Waals surface area (Å²) >= 11 is 5.63. The van der Waals surface area contributed by atoms with Crippen molar-refractivity contribution in [3.8, 4) is 0 Å². The molecule has 0 aromatic rings. The Labute approximate surface area is 81.8 Å². The highest BCUT2D eigenvalue weighted by Crippen LogP contribution is 2.15. The third kappa shape index (κ3) is 3.93. The number of ether oxygens (including phenoxy) is 1. The Morgan fingerprint density at radius 2 is 2.38 bits per heavy atom. The molecule has 0 radical (unpaired) electrons. The Balaban J connectivity index is 2.50. The van der Waals surface area contributed by atoms with Crippen molar-refractivity contribution < 1.29 is 17.4 Å². The van der Waals surface area contributed by atoms with Crippen LogP contribution < -0.4 is 0 Å². The number of oxime groups is 1.